The molecule has 0 aromatic heterocycles. The molecule has 2 atom stereocenters. The van der Waals surface area contributed by atoms with Crippen LogP contribution in [-0.4, -0.2) is 47.3 Å². The van der Waals surface area contributed by atoms with Crippen LogP contribution in [0.2, 0.25) is 0 Å². The van der Waals surface area contributed by atoms with Gasteiger partial charge in [0, 0.05) is 32.1 Å². The fourth-order valence-corrected chi connectivity index (χ4v) is 3.93. The van der Waals surface area contributed by atoms with E-state index in [1.165, 1.54) is 0 Å². The van der Waals surface area contributed by atoms with Crippen molar-refractivity contribution in [2.45, 2.75) is 51.6 Å². The normalized spacial score (nSPS) is 24.0. The minimum absolute atomic E-state index is 0. The number of amides is 2. The number of hydrogen-bond acceptors (Lipinski definition) is 3. The van der Waals surface area contributed by atoms with Crippen molar-refractivity contribution >= 4 is 24.2 Å². The highest BCUT2D eigenvalue weighted by Gasteiger charge is 2.40. The number of nitrogens with two attached hydrogens (primary N) is 1. The summed E-state index contributed by atoms with van der Waals surface area (Å²) in [6.07, 6.45) is 3.20. The van der Waals surface area contributed by atoms with E-state index in [0.717, 1.165) is 24.8 Å². The van der Waals surface area contributed by atoms with Crippen molar-refractivity contribution in [1.29, 1.82) is 0 Å². The molecule has 144 valence electrons. The summed E-state index contributed by atoms with van der Waals surface area (Å²) in [4.78, 5) is 29.6. The van der Waals surface area contributed by atoms with Crippen molar-refractivity contribution in [1.82, 2.24) is 9.80 Å². The van der Waals surface area contributed by atoms with Crippen LogP contribution in [0.5, 0.6) is 0 Å². The molecule has 5 nitrogen and oxygen atoms in total. The number of rotatable bonds is 3. The van der Waals surface area contributed by atoms with Gasteiger partial charge in [0.25, 0.3) is 0 Å². The Hall–Kier alpha value is -1.59. The van der Waals surface area contributed by atoms with Crippen LogP contribution in [0.1, 0.15) is 51.1 Å². The van der Waals surface area contributed by atoms with Crippen LogP contribution in [0.4, 0.5) is 0 Å². The summed E-state index contributed by atoms with van der Waals surface area (Å²) in [7, 11) is 0. The lowest BCUT2D eigenvalue weighted by atomic mass is 9.79. The van der Waals surface area contributed by atoms with Crippen molar-refractivity contribution in [3.05, 3.63) is 35.9 Å². The molecule has 1 aromatic carbocycles. The quantitative estimate of drug-likeness (QED) is 0.878. The van der Waals surface area contributed by atoms with Gasteiger partial charge in [0.05, 0.1) is 0 Å². The smallest absolute Gasteiger partial charge is 0.250 e. The van der Waals surface area contributed by atoms with E-state index in [1.807, 2.05) is 35.2 Å². The fourth-order valence-electron chi connectivity index (χ4n) is 3.93. The minimum atomic E-state index is -0.515. The summed E-state index contributed by atoms with van der Waals surface area (Å²) in [6, 6.07) is 9.28. The average Bonchev–Trinajstić information content (AvgIpc) is 2.60. The summed E-state index contributed by atoms with van der Waals surface area (Å²) in [5, 5.41) is 0. The third kappa shape index (κ3) is 4.21. The van der Waals surface area contributed by atoms with Gasteiger partial charge in [-0.15, -0.1) is 12.4 Å². The van der Waals surface area contributed by atoms with Crippen molar-refractivity contribution in [2.24, 2.45) is 11.1 Å². The third-order valence-corrected chi connectivity index (χ3v) is 5.64. The Labute approximate surface area is 162 Å². The first-order valence-corrected chi connectivity index (χ1v) is 9.29. The van der Waals surface area contributed by atoms with Crippen LogP contribution in [0.3, 0.4) is 0 Å². The van der Waals surface area contributed by atoms with Crippen LogP contribution in [0.25, 0.3) is 0 Å². The number of carbonyl (C=O) groups excluding carboxylic acids is 2. The molecule has 2 amide bonds. The molecule has 6 heteroatoms. The van der Waals surface area contributed by atoms with Gasteiger partial charge >= 0.3 is 0 Å². The van der Waals surface area contributed by atoms with E-state index in [2.05, 4.69) is 13.8 Å². The van der Waals surface area contributed by atoms with Gasteiger partial charge in [-0.25, -0.2) is 0 Å². The highest BCUT2D eigenvalue weighted by atomic mass is 35.5. The van der Waals surface area contributed by atoms with Gasteiger partial charge in [-0.2, -0.15) is 0 Å². The van der Waals surface area contributed by atoms with Crippen LogP contribution < -0.4 is 5.73 Å². The highest BCUT2D eigenvalue weighted by molar-refractivity contribution is 5.89. The molecule has 2 saturated heterocycles. The lowest BCUT2D eigenvalue weighted by molar-refractivity contribution is -0.149. The first-order chi connectivity index (χ1) is 11.9. The number of benzene rings is 1. The monoisotopic (exact) mass is 379 g/mol. The highest BCUT2D eigenvalue weighted by Crippen LogP contribution is 2.32. The lowest BCUT2D eigenvalue weighted by Gasteiger charge is -2.45. The molecule has 0 radical (unpaired) electrons. The Kier molecular flexibility index (Phi) is 6.69. The number of piperidine rings is 2. The van der Waals surface area contributed by atoms with E-state index >= 15 is 0 Å². The van der Waals surface area contributed by atoms with E-state index in [0.29, 0.717) is 26.1 Å². The molecule has 2 unspecified atom stereocenters. The van der Waals surface area contributed by atoms with Crippen LogP contribution in [-0.2, 0) is 9.59 Å². The van der Waals surface area contributed by atoms with Crippen molar-refractivity contribution in [3.63, 3.8) is 0 Å². The molecule has 26 heavy (non-hydrogen) atoms. The topological polar surface area (TPSA) is 66.6 Å². The molecular weight excluding hydrogens is 350 g/mol. The van der Waals surface area contributed by atoms with Gasteiger partial charge in [-0.1, -0.05) is 44.2 Å². The summed E-state index contributed by atoms with van der Waals surface area (Å²) < 4.78 is 0. The summed E-state index contributed by atoms with van der Waals surface area (Å²) in [5.41, 5.74) is 7.01. The number of likely N-dealkylation sites (tertiary alicyclic amines) is 2. The molecule has 1 aromatic rings. The predicted molar refractivity (Wildman–Crippen MR) is 105 cm³/mol. The van der Waals surface area contributed by atoms with Crippen molar-refractivity contribution in [3.8, 4) is 0 Å². The first kappa shape index (κ1) is 20.7. The van der Waals surface area contributed by atoms with Crippen LogP contribution in [0, 0.1) is 5.41 Å². The number of halogens is 1. The average molecular weight is 380 g/mol. The van der Waals surface area contributed by atoms with Gasteiger partial charge < -0.3 is 15.5 Å². The fraction of sp³-hybridized carbons (Fsp3) is 0.600. The zero-order valence-electron chi connectivity index (χ0n) is 15.7. The van der Waals surface area contributed by atoms with E-state index in [-0.39, 0.29) is 35.7 Å². The number of carbonyl (C=O) groups is 2. The maximum atomic E-state index is 13.4. The Bertz CT molecular complexity index is 635. The molecule has 0 bridgehead atoms. The maximum Gasteiger partial charge on any atom is 0.250 e. The molecular formula is C20H30ClN3O2. The van der Waals surface area contributed by atoms with E-state index in [4.69, 9.17) is 5.73 Å². The lowest BCUT2D eigenvalue weighted by Crippen LogP contribution is -2.56. The second-order valence-corrected chi connectivity index (χ2v) is 8.00. The SMILES string of the molecule is CC1(C)CN(C(=O)C(c2ccccc2)N2CCCCC2=O)CCC1N.Cl. The molecule has 2 aliphatic rings. The van der Waals surface area contributed by atoms with Crippen molar-refractivity contribution < 1.29 is 9.59 Å². The molecule has 2 N–H and O–H groups in total. The van der Waals surface area contributed by atoms with Gasteiger partial charge in [-0.3, -0.25) is 9.59 Å². The second-order valence-electron chi connectivity index (χ2n) is 8.00. The zero-order chi connectivity index (χ0) is 18.0. The maximum absolute atomic E-state index is 13.4. The summed E-state index contributed by atoms with van der Waals surface area (Å²) in [6.45, 7) is 6.18. The van der Waals surface area contributed by atoms with Crippen LogP contribution >= 0.6 is 12.4 Å². The standard InChI is InChI=1S/C20H29N3O2.ClH/c1-20(2)14-22(13-11-16(20)21)19(25)18(15-8-4-3-5-9-15)23-12-7-6-10-17(23)24;/h3-5,8-9,16,18H,6-7,10-14,21H2,1-2H3;1H. The van der Waals surface area contributed by atoms with E-state index < -0.39 is 6.04 Å². The van der Waals surface area contributed by atoms with Gasteiger partial charge in [0.2, 0.25) is 11.8 Å². The predicted octanol–water partition coefficient (Wildman–Crippen LogP) is 2.75. The summed E-state index contributed by atoms with van der Waals surface area (Å²) >= 11 is 0. The van der Waals surface area contributed by atoms with Crippen LogP contribution in [0.15, 0.2) is 30.3 Å². The molecule has 3 rings (SSSR count). The molecule has 0 aliphatic carbocycles. The first-order valence-electron chi connectivity index (χ1n) is 9.29. The Balaban J connectivity index is 0.00000243. The molecule has 2 aliphatic heterocycles. The minimum Gasteiger partial charge on any atom is -0.340 e. The molecule has 2 heterocycles. The Morgan fingerprint density at radius 1 is 1.19 bits per heavy atom. The van der Waals surface area contributed by atoms with E-state index in [9.17, 15) is 9.59 Å². The Morgan fingerprint density at radius 2 is 1.88 bits per heavy atom. The molecule has 0 saturated carbocycles. The third-order valence-electron chi connectivity index (χ3n) is 5.64. The Morgan fingerprint density at radius 3 is 2.50 bits per heavy atom. The van der Waals surface area contributed by atoms with Gasteiger partial charge in [-0.05, 0) is 30.2 Å². The number of hydrogen-bond donors (Lipinski definition) is 1. The van der Waals surface area contributed by atoms with Gasteiger partial charge in [0.15, 0.2) is 0 Å². The molecule has 0 spiro atoms. The largest absolute Gasteiger partial charge is 0.340 e. The van der Waals surface area contributed by atoms with Crippen molar-refractivity contribution in [2.75, 3.05) is 19.6 Å². The second kappa shape index (κ2) is 8.40. The van der Waals surface area contributed by atoms with E-state index in [1.54, 1.807) is 4.90 Å². The number of nitrogens with zero attached hydrogens (tertiary/aromatic N) is 2. The summed E-state index contributed by atoms with van der Waals surface area (Å²) in [5.74, 6) is 0.114. The zero-order valence-corrected chi connectivity index (χ0v) is 16.5. The molecule has 2 fully saturated rings. The van der Waals surface area contributed by atoms with Gasteiger partial charge in [0.1, 0.15) is 6.04 Å².